The first kappa shape index (κ1) is 17.8. The molecular weight excluding hydrogens is 312 g/mol. The van der Waals surface area contributed by atoms with Gasteiger partial charge in [0, 0.05) is 13.1 Å². The molecule has 23 heavy (non-hydrogen) atoms. The van der Waals surface area contributed by atoms with Crippen LogP contribution in [0.25, 0.3) is 0 Å². The molecule has 128 valence electrons. The molecule has 6 heteroatoms. The van der Waals surface area contributed by atoms with E-state index in [1.165, 1.54) is 5.56 Å². The molecule has 0 bridgehead atoms. The van der Waals surface area contributed by atoms with Crippen LogP contribution < -0.4 is 10.6 Å². The van der Waals surface area contributed by atoms with Crippen molar-refractivity contribution in [3.05, 3.63) is 35.9 Å². The third-order valence-electron chi connectivity index (χ3n) is 4.46. The van der Waals surface area contributed by atoms with E-state index in [1.807, 2.05) is 18.2 Å². The molecule has 0 unspecified atom stereocenters. The van der Waals surface area contributed by atoms with Crippen LogP contribution in [0.3, 0.4) is 0 Å². The second kappa shape index (κ2) is 8.34. The lowest BCUT2D eigenvalue weighted by molar-refractivity contribution is 0.238. The second-order valence-electron chi connectivity index (χ2n) is 6.33. The second-order valence-corrected chi connectivity index (χ2v) is 8.64. The van der Waals surface area contributed by atoms with Crippen LogP contribution in [0.2, 0.25) is 0 Å². The van der Waals surface area contributed by atoms with E-state index in [2.05, 4.69) is 29.7 Å². The quantitative estimate of drug-likeness (QED) is 0.836. The molecule has 1 aromatic rings. The van der Waals surface area contributed by atoms with Gasteiger partial charge in [-0.3, -0.25) is 0 Å². The summed E-state index contributed by atoms with van der Waals surface area (Å²) >= 11 is 0. The number of amides is 2. The summed E-state index contributed by atoms with van der Waals surface area (Å²) in [6.07, 6.45) is 2.18. The number of hydrogen-bond acceptors (Lipinski definition) is 3. The Hall–Kier alpha value is -1.56. The molecule has 5 nitrogen and oxygen atoms in total. The predicted octanol–water partition coefficient (Wildman–Crippen LogP) is 2.30. The van der Waals surface area contributed by atoms with Crippen molar-refractivity contribution in [3.63, 3.8) is 0 Å². The highest BCUT2D eigenvalue weighted by Crippen LogP contribution is 2.18. The van der Waals surface area contributed by atoms with Gasteiger partial charge in [-0.2, -0.15) is 0 Å². The van der Waals surface area contributed by atoms with E-state index in [0.29, 0.717) is 31.8 Å². The molecule has 2 amide bonds. The van der Waals surface area contributed by atoms with Gasteiger partial charge in [-0.1, -0.05) is 37.3 Å². The number of carbonyl (C=O) groups excluding carboxylic acids is 1. The van der Waals surface area contributed by atoms with Crippen LogP contribution in [0, 0.1) is 5.92 Å². The van der Waals surface area contributed by atoms with E-state index in [9.17, 15) is 13.2 Å². The predicted molar refractivity (Wildman–Crippen MR) is 92.3 cm³/mol. The summed E-state index contributed by atoms with van der Waals surface area (Å²) in [5.74, 6) is 1.16. The van der Waals surface area contributed by atoms with E-state index in [0.717, 1.165) is 6.42 Å². The Morgan fingerprint density at radius 3 is 2.48 bits per heavy atom. The molecule has 2 rings (SSSR count). The fourth-order valence-corrected chi connectivity index (χ4v) is 4.38. The Morgan fingerprint density at radius 1 is 1.17 bits per heavy atom. The zero-order chi connectivity index (χ0) is 16.7. The summed E-state index contributed by atoms with van der Waals surface area (Å²) in [4.78, 5) is 11.8. The SMILES string of the molecule is C[C@H](CCNC(=O)NCC1CCS(=O)(=O)CC1)c1ccccc1. The molecule has 0 saturated carbocycles. The van der Waals surface area contributed by atoms with Gasteiger partial charge in [-0.05, 0) is 36.7 Å². The minimum atomic E-state index is -2.83. The lowest BCUT2D eigenvalue weighted by Crippen LogP contribution is -2.40. The van der Waals surface area contributed by atoms with Crippen molar-refractivity contribution in [2.24, 2.45) is 5.92 Å². The minimum absolute atomic E-state index is 0.168. The van der Waals surface area contributed by atoms with Crippen LogP contribution in [-0.2, 0) is 9.84 Å². The van der Waals surface area contributed by atoms with Gasteiger partial charge < -0.3 is 10.6 Å². The molecule has 1 aliphatic rings. The van der Waals surface area contributed by atoms with Gasteiger partial charge in [0.15, 0.2) is 0 Å². The molecule has 0 spiro atoms. The van der Waals surface area contributed by atoms with Crippen molar-refractivity contribution in [1.29, 1.82) is 0 Å². The van der Waals surface area contributed by atoms with E-state index < -0.39 is 9.84 Å². The molecule has 0 radical (unpaired) electrons. The van der Waals surface area contributed by atoms with Gasteiger partial charge in [-0.15, -0.1) is 0 Å². The first-order valence-corrected chi connectivity index (χ1v) is 10.1. The Labute approximate surface area is 138 Å². The fourth-order valence-electron chi connectivity index (χ4n) is 2.79. The largest absolute Gasteiger partial charge is 0.338 e. The maximum atomic E-state index is 11.8. The number of hydrogen-bond donors (Lipinski definition) is 2. The Morgan fingerprint density at radius 2 is 1.83 bits per heavy atom. The summed E-state index contributed by atoms with van der Waals surface area (Å²) in [6.45, 7) is 3.33. The van der Waals surface area contributed by atoms with Crippen molar-refractivity contribution in [2.45, 2.75) is 32.1 Å². The Bertz CT molecular complexity index is 588. The summed E-state index contributed by atoms with van der Waals surface area (Å²) in [5, 5.41) is 5.72. The molecule has 1 fully saturated rings. The van der Waals surface area contributed by atoms with Gasteiger partial charge >= 0.3 is 6.03 Å². The van der Waals surface area contributed by atoms with Crippen molar-refractivity contribution < 1.29 is 13.2 Å². The average molecular weight is 338 g/mol. The number of sulfone groups is 1. The van der Waals surface area contributed by atoms with E-state index in [1.54, 1.807) is 0 Å². The van der Waals surface area contributed by atoms with Crippen molar-refractivity contribution >= 4 is 15.9 Å². The van der Waals surface area contributed by atoms with Crippen LogP contribution in [0.15, 0.2) is 30.3 Å². The number of urea groups is 1. The maximum Gasteiger partial charge on any atom is 0.314 e. The molecule has 2 N–H and O–H groups in total. The molecule has 1 saturated heterocycles. The van der Waals surface area contributed by atoms with Crippen molar-refractivity contribution in [3.8, 4) is 0 Å². The third kappa shape index (κ3) is 6.22. The molecule has 1 heterocycles. The molecule has 0 aromatic heterocycles. The van der Waals surface area contributed by atoms with Crippen molar-refractivity contribution in [1.82, 2.24) is 10.6 Å². The first-order valence-electron chi connectivity index (χ1n) is 8.23. The standard InChI is InChI=1S/C17H26N2O3S/c1-14(16-5-3-2-4-6-16)7-10-18-17(20)19-13-15-8-11-23(21,22)12-9-15/h2-6,14-15H,7-13H2,1H3,(H2,18,19,20)/t14-/m1/s1. The fraction of sp³-hybridized carbons (Fsp3) is 0.588. The van der Waals surface area contributed by atoms with E-state index in [-0.39, 0.29) is 23.5 Å². The Kier molecular flexibility index (Phi) is 6.45. The zero-order valence-corrected chi connectivity index (χ0v) is 14.4. The molecule has 1 aliphatic heterocycles. The van der Waals surface area contributed by atoms with Crippen LogP contribution in [0.4, 0.5) is 4.79 Å². The lowest BCUT2D eigenvalue weighted by atomic mass is 9.98. The van der Waals surface area contributed by atoms with E-state index in [4.69, 9.17) is 0 Å². The van der Waals surface area contributed by atoms with Gasteiger partial charge in [0.2, 0.25) is 0 Å². The summed E-state index contributed by atoms with van der Waals surface area (Å²) in [5.41, 5.74) is 1.28. The average Bonchev–Trinajstić information content (AvgIpc) is 2.54. The first-order chi connectivity index (χ1) is 11.0. The highest BCUT2D eigenvalue weighted by molar-refractivity contribution is 7.91. The van der Waals surface area contributed by atoms with Crippen LogP contribution in [-0.4, -0.2) is 39.0 Å². The zero-order valence-electron chi connectivity index (χ0n) is 13.6. The Balaban J connectivity index is 1.60. The highest BCUT2D eigenvalue weighted by Gasteiger charge is 2.23. The third-order valence-corrected chi connectivity index (χ3v) is 6.17. The van der Waals surface area contributed by atoms with Crippen LogP contribution in [0.5, 0.6) is 0 Å². The number of nitrogens with one attached hydrogen (secondary N) is 2. The topological polar surface area (TPSA) is 75.3 Å². The van der Waals surface area contributed by atoms with E-state index >= 15 is 0 Å². The van der Waals surface area contributed by atoms with Crippen LogP contribution >= 0.6 is 0 Å². The normalized spacial score (nSPS) is 19.0. The smallest absolute Gasteiger partial charge is 0.314 e. The molecule has 0 aliphatic carbocycles. The van der Waals surface area contributed by atoms with Crippen molar-refractivity contribution in [2.75, 3.05) is 24.6 Å². The number of rotatable bonds is 6. The summed E-state index contributed by atoms with van der Waals surface area (Å²) < 4.78 is 22.7. The van der Waals surface area contributed by atoms with Gasteiger partial charge in [-0.25, -0.2) is 13.2 Å². The van der Waals surface area contributed by atoms with Gasteiger partial charge in [0.25, 0.3) is 0 Å². The minimum Gasteiger partial charge on any atom is -0.338 e. The highest BCUT2D eigenvalue weighted by atomic mass is 32.2. The number of benzene rings is 1. The lowest BCUT2D eigenvalue weighted by Gasteiger charge is -2.22. The van der Waals surface area contributed by atoms with Gasteiger partial charge in [0.1, 0.15) is 9.84 Å². The summed E-state index contributed by atoms with van der Waals surface area (Å²) in [6, 6.07) is 10.1. The monoisotopic (exact) mass is 338 g/mol. The molecule has 1 aromatic carbocycles. The molecular formula is C17H26N2O3S. The summed E-state index contributed by atoms with van der Waals surface area (Å²) in [7, 11) is -2.83. The number of carbonyl (C=O) groups is 1. The van der Waals surface area contributed by atoms with Gasteiger partial charge in [0.05, 0.1) is 11.5 Å². The van der Waals surface area contributed by atoms with Crippen LogP contribution in [0.1, 0.15) is 37.7 Å². The maximum absolute atomic E-state index is 11.8. The molecule has 1 atom stereocenters.